The SMILES string of the molecule is NC1CCCN(C(=O)c2cccc3nccnc23)C1. The Balaban J connectivity index is 1.97. The molecule has 0 spiro atoms. The summed E-state index contributed by atoms with van der Waals surface area (Å²) < 4.78 is 0. The second kappa shape index (κ2) is 4.93. The molecule has 1 saturated heterocycles. The second-order valence-corrected chi connectivity index (χ2v) is 4.88. The first-order valence-corrected chi connectivity index (χ1v) is 6.50. The number of para-hydroxylation sites is 1. The van der Waals surface area contributed by atoms with Crippen molar-refractivity contribution in [1.29, 1.82) is 0 Å². The number of hydrogen-bond donors (Lipinski definition) is 1. The van der Waals surface area contributed by atoms with Crippen molar-refractivity contribution < 1.29 is 4.79 Å². The predicted molar refractivity (Wildman–Crippen MR) is 72.7 cm³/mol. The Kier molecular flexibility index (Phi) is 3.13. The van der Waals surface area contributed by atoms with Crippen LogP contribution in [0.25, 0.3) is 11.0 Å². The fourth-order valence-corrected chi connectivity index (χ4v) is 2.53. The van der Waals surface area contributed by atoms with Crippen LogP contribution in [0, 0.1) is 0 Å². The van der Waals surface area contributed by atoms with Crippen LogP contribution in [-0.4, -0.2) is 39.9 Å². The van der Waals surface area contributed by atoms with Gasteiger partial charge in [0.05, 0.1) is 11.1 Å². The number of nitrogens with zero attached hydrogens (tertiary/aromatic N) is 3. The number of likely N-dealkylation sites (tertiary alicyclic amines) is 1. The van der Waals surface area contributed by atoms with Gasteiger partial charge in [-0.15, -0.1) is 0 Å². The third kappa shape index (κ3) is 2.29. The van der Waals surface area contributed by atoms with Crippen LogP contribution in [0.1, 0.15) is 23.2 Å². The second-order valence-electron chi connectivity index (χ2n) is 4.88. The zero-order valence-electron chi connectivity index (χ0n) is 10.6. The van der Waals surface area contributed by atoms with Crippen LogP contribution in [0.4, 0.5) is 0 Å². The first kappa shape index (κ1) is 12.0. The molecule has 2 N–H and O–H groups in total. The summed E-state index contributed by atoms with van der Waals surface area (Å²) in [6, 6.07) is 5.59. The van der Waals surface area contributed by atoms with Gasteiger partial charge in [0.2, 0.25) is 0 Å². The van der Waals surface area contributed by atoms with Crippen LogP contribution in [0.5, 0.6) is 0 Å². The molecule has 2 heterocycles. The number of carbonyl (C=O) groups excluding carboxylic acids is 1. The Morgan fingerprint density at radius 3 is 3.00 bits per heavy atom. The molecule has 5 heteroatoms. The number of carbonyl (C=O) groups is 1. The van der Waals surface area contributed by atoms with Gasteiger partial charge in [0.25, 0.3) is 5.91 Å². The zero-order valence-corrected chi connectivity index (χ0v) is 10.6. The summed E-state index contributed by atoms with van der Waals surface area (Å²) in [5.74, 6) is 0.00116. The maximum absolute atomic E-state index is 12.6. The lowest BCUT2D eigenvalue weighted by atomic mass is 10.0. The van der Waals surface area contributed by atoms with Gasteiger partial charge in [-0.2, -0.15) is 0 Å². The van der Waals surface area contributed by atoms with Crippen LogP contribution < -0.4 is 5.73 Å². The molecular weight excluding hydrogens is 240 g/mol. The molecule has 1 fully saturated rings. The predicted octanol–water partition coefficient (Wildman–Crippen LogP) is 1.19. The maximum Gasteiger partial charge on any atom is 0.256 e. The molecule has 1 aromatic heterocycles. The van der Waals surface area contributed by atoms with Gasteiger partial charge in [-0.25, -0.2) is 0 Å². The molecule has 1 amide bonds. The Morgan fingerprint density at radius 2 is 2.16 bits per heavy atom. The van der Waals surface area contributed by atoms with Crippen molar-refractivity contribution in [3.8, 4) is 0 Å². The lowest BCUT2D eigenvalue weighted by Gasteiger charge is -2.30. The number of piperidine rings is 1. The van der Waals surface area contributed by atoms with Crippen molar-refractivity contribution in [2.24, 2.45) is 5.73 Å². The Bertz CT molecular complexity index is 608. The molecule has 1 unspecified atom stereocenters. The van der Waals surface area contributed by atoms with Gasteiger partial charge >= 0.3 is 0 Å². The van der Waals surface area contributed by atoms with E-state index < -0.39 is 0 Å². The van der Waals surface area contributed by atoms with Crippen LogP contribution in [-0.2, 0) is 0 Å². The summed E-state index contributed by atoms with van der Waals surface area (Å²) in [5.41, 5.74) is 7.95. The summed E-state index contributed by atoms with van der Waals surface area (Å²) in [5, 5.41) is 0. The third-order valence-electron chi connectivity index (χ3n) is 3.47. The third-order valence-corrected chi connectivity index (χ3v) is 3.47. The van der Waals surface area contributed by atoms with Gasteiger partial charge in [0.15, 0.2) is 0 Å². The summed E-state index contributed by atoms with van der Waals surface area (Å²) in [4.78, 5) is 22.9. The first-order chi connectivity index (χ1) is 9.25. The molecule has 1 aromatic carbocycles. The molecule has 0 bridgehead atoms. The average molecular weight is 256 g/mol. The Labute approximate surface area is 111 Å². The normalized spacial score (nSPS) is 19.6. The average Bonchev–Trinajstić information content (AvgIpc) is 2.46. The van der Waals surface area contributed by atoms with Crippen molar-refractivity contribution >= 4 is 16.9 Å². The molecule has 0 saturated carbocycles. The molecule has 19 heavy (non-hydrogen) atoms. The van der Waals surface area contributed by atoms with Crippen molar-refractivity contribution in [2.45, 2.75) is 18.9 Å². The Hall–Kier alpha value is -2.01. The van der Waals surface area contributed by atoms with E-state index >= 15 is 0 Å². The summed E-state index contributed by atoms with van der Waals surface area (Å²) in [6.45, 7) is 1.39. The van der Waals surface area contributed by atoms with Gasteiger partial charge in [0, 0.05) is 31.5 Å². The monoisotopic (exact) mass is 256 g/mol. The summed E-state index contributed by atoms with van der Waals surface area (Å²) >= 11 is 0. The highest BCUT2D eigenvalue weighted by Crippen LogP contribution is 2.18. The quantitative estimate of drug-likeness (QED) is 0.832. The van der Waals surface area contributed by atoms with Crippen LogP contribution in [0.15, 0.2) is 30.6 Å². The van der Waals surface area contributed by atoms with Crippen LogP contribution in [0.2, 0.25) is 0 Å². The molecule has 1 aliphatic rings. The topological polar surface area (TPSA) is 72.1 Å². The van der Waals surface area contributed by atoms with E-state index in [9.17, 15) is 4.79 Å². The van der Waals surface area contributed by atoms with E-state index in [-0.39, 0.29) is 11.9 Å². The minimum atomic E-state index is 0.00116. The van der Waals surface area contributed by atoms with Crippen molar-refractivity contribution in [3.63, 3.8) is 0 Å². The number of aromatic nitrogens is 2. The summed E-state index contributed by atoms with van der Waals surface area (Å²) in [7, 11) is 0. The zero-order chi connectivity index (χ0) is 13.2. The van der Waals surface area contributed by atoms with Crippen LogP contribution in [0.3, 0.4) is 0 Å². The van der Waals surface area contributed by atoms with E-state index in [2.05, 4.69) is 9.97 Å². The van der Waals surface area contributed by atoms with Gasteiger partial charge in [-0.05, 0) is 25.0 Å². The first-order valence-electron chi connectivity index (χ1n) is 6.50. The standard InChI is InChI=1S/C14H16N4O/c15-10-3-2-8-18(9-10)14(19)11-4-1-5-12-13(11)17-7-6-16-12/h1,4-7,10H,2-3,8-9,15H2. The molecule has 0 aliphatic carbocycles. The van der Waals surface area contributed by atoms with E-state index in [0.717, 1.165) is 24.9 Å². The van der Waals surface area contributed by atoms with E-state index in [0.29, 0.717) is 17.6 Å². The van der Waals surface area contributed by atoms with Gasteiger partial charge in [-0.1, -0.05) is 6.07 Å². The number of nitrogens with two attached hydrogens (primary N) is 1. The highest BCUT2D eigenvalue weighted by atomic mass is 16.2. The van der Waals surface area contributed by atoms with E-state index in [1.54, 1.807) is 18.5 Å². The highest BCUT2D eigenvalue weighted by molar-refractivity contribution is 6.04. The van der Waals surface area contributed by atoms with Gasteiger partial charge < -0.3 is 10.6 Å². The lowest BCUT2D eigenvalue weighted by Crippen LogP contribution is -2.45. The van der Waals surface area contributed by atoms with Gasteiger partial charge in [-0.3, -0.25) is 14.8 Å². The van der Waals surface area contributed by atoms with E-state index in [1.165, 1.54) is 0 Å². The minimum absolute atomic E-state index is 0.00116. The number of fused-ring (bicyclic) bond motifs is 1. The van der Waals surface area contributed by atoms with E-state index in [1.807, 2.05) is 17.0 Å². The maximum atomic E-state index is 12.6. The smallest absolute Gasteiger partial charge is 0.256 e. The summed E-state index contributed by atoms with van der Waals surface area (Å²) in [6.07, 6.45) is 5.19. The fraction of sp³-hybridized carbons (Fsp3) is 0.357. The fourth-order valence-electron chi connectivity index (χ4n) is 2.53. The largest absolute Gasteiger partial charge is 0.337 e. The Morgan fingerprint density at radius 1 is 1.32 bits per heavy atom. The lowest BCUT2D eigenvalue weighted by molar-refractivity contribution is 0.0710. The molecular formula is C14H16N4O. The number of amides is 1. The van der Waals surface area contributed by atoms with Crippen molar-refractivity contribution in [2.75, 3.05) is 13.1 Å². The van der Waals surface area contributed by atoms with E-state index in [4.69, 9.17) is 5.73 Å². The molecule has 3 rings (SSSR count). The molecule has 2 aromatic rings. The number of rotatable bonds is 1. The van der Waals surface area contributed by atoms with Crippen LogP contribution >= 0.6 is 0 Å². The van der Waals surface area contributed by atoms with Gasteiger partial charge in [0.1, 0.15) is 5.52 Å². The van der Waals surface area contributed by atoms with Crippen molar-refractivity contribution in [1.82, 2.24) is 14.9 Å². The molecule has 1 atom stereocenters. The molecule has 5 nitrogen and oxygen atoms in total. The van der Waals surface area contributed by atoms with Crippen molar-refractivity contribution in [3.05, 3.63) is 36.2 Å². The molecule has 0 radical (unpaired) electrons. The minimum Gasteiger partial charge on any atom is -0.337 e. The molecule has 98 valence electrons. The number of benzene rings is 1. The highest BCUT2D eigenvalue weighted by Gasteiger charge is 2.23. The number of hydrogen-bond acceptors (Lipinski definition) is 4. The molecule has 1 aliphatic heterocycles.